The minimum Gasteiger partial charge on any atom is -0.488 e. The molecule has 0 bridgehead atoms. The van der Waals surface area contributed by atoms with Gasteiger partial charge in [-0.3, -0.25) is 24.2 Å². The molecule has 1 unspecified atom stereocenters. The standard InChI is InChI=1S/C35H65N5O7/c1-32(2,3)44-28-14-13-27(36)21-26(28)24-39(17-15-37-22-29(41)45-33(4,5)6)19-20-40(25-31(43)47-35(10,11)12)18-16-38-23-30(42)46-34(7,8)9/h14,21,27,37-38H,13,15-20,22-25,36H2,1-12H3. The molecule has 4 N–H and O–H groups in total. The van der Waals surface area contributed by atoms with E-state index in [-0.39, 0.29) is 49.2 Å². The van der Waals surface area contributed by atoms with E-state index in [0.717, 1.165) is 11.3 Å². The van der Waals surface area contributed by atoms with E-state index in [1.54, 1.807) is 0 Å². The molecule has 0 amide bonds. The van der Waals surface area contributed by atoms with Crippen LogP contribution in [-0.4, -0.2) is 122 Å². The monoisotopic (exact) mass is 667 g/mol. The average molecular weight is 668 g/mol. The van der Waals surface area contributed by atoms with Crippen LogP contribution in [0.3, 0.4) is 0 Å². The van der Waals surface area contributed by atoms with Crippen LogP contribution in [-0.2, 0) is 33.3 Å². The molecule has 1 atom stereocenters. The number of nitrogens with one attached hydrogen (secondary N) is 2. The summed E-state index contributed by atoms with van der Waals surface area (Å²) in [5.41, 5.74) is 5.24. The lowest BCUT2D eigenvalue weighted by Gasteiger charge is -2.32. The van der Waals surface area contributed by atoms with E-state index in [4.69, 9.17) is 24.7 Å². The topological polar surface area (TPSA) is 145 Å². The van der Waals surface area contributed by atoms with Gasteiger partial charge in [0.1, 0.15) is 28.2 Å². The van der Waals surface area contributed by atoms with E-state index in [2.05, 4.69) is 27.7 Å². The first-order chi connectivity index (χ1) is 21.4. The van der Waals surface area contributed by atoms with Gasteiger partial charge in [0, 0.05) is 57.4 Å². The average Bonchev–Trinajstić information content (AvgIpc) is 2.84. The van der Waals surface area contributed by atoms with Crippen LogP contribution >= 0.6 is 0 Å². The van der Waals surface area contributed by atoms with Crippen LogP contribution in [0.4, 0.5) is 0 Å². The van der Waals surface area contributed by atoms with Gasteiger partial charge in [-0.15, -0.1) is 0 Å². The molecule has 47 heavy (non-hydrogen) atoms. The SMILES string of the molecule is CC(C)(C)OC(=O)CNCCN(CCN(CCNCC(=O)OC(C)(C)C)CC1=CC(N)CC=C1OC(C)(C)C)CC(=O)OC(C)(C)C. The molecule has 272 valence electrons. The zero-order valence-electron chi connectivity index (χ0n) is 31.3. The molecule has 1 rings (SSSR count). The van der Waals surface area contributed by atoms with E-state index >= 15 is 0 Å². The molecule has 1 aliphatic rings. The van der Waals surface area contributed by atoms with E-state index in [9.17, 15) is 14.4 Å². The summed E-state index contributed by atoms with van der Waals surface area (Å²) in [7, 11) is 0. The van der Waals surface area contributed by atoms with Crippen molar-refractivity contribution in [2.45, 2.75) is 118 Å². The van der Waals surface area contributed by atoms with Crippen molar-refractivity contribution >= 4 is 17.9 Å². The van der Waals surface area contributed by atoms with E-state index in [1.165, 1.54) is 0 Å². The molecule has 12 heteroatoms. The second-order valence-corrected chi connectivity index (χ2v) is 16.0. The van der Waals surface area contributed by atoms with Crippen molar-refractivity contribution in [1.82, 2.24) is 20.4 Å². The Morgan fingerprint density at radius 1 is 0.702 bits per heavy atom. The Hall–Kier alpha value is -2.51. The molecule has 0 saturated heterocycles. The van der Waals surface area contributed by atoms with Gasteiger partial charge in [-0.05, 0) is 95.6 Å². The van der Waals surface area contributed by atoms with Crippen LogP contribution < -0.4 is 16.4 Å². The summed E-state index contributed by atoms with van der Waals surface area (Å²) in [6.45, 7) is 26.8. The molecule has 0 aromatic rings. The van der Waals surface area contributed by atoms with Crippen LogP contribution in [0.1, 0.15) is 89.5 Å². The van der Waals surface area contributed by atoms with Gasteiger partial charge in [-0.25, -0.2) is 0 Å². The highest BCUT2D eigenvalue weighted by molar-refractivity contribution is 5.73. The fourth-order valence-electron chi connectivity index (χ4n) is 4.58. The highest BCUT2D eigenvalue weighted by atomic mass is 16.6. The van der Waals surface area contributed by atoms with Crippen molar-refractivity contribution < 1.29 is 33.3 Å². The summed E-state index contributed by atoms with van der Waals surface area (Å²) < 4.78 is 22.7. The largest absolute Gasteiger partial charge is 0.488 e. The molecular formula is C35H65N5O7. The van der Waals surface area contributed by atoms with E-state index in [1.807, 2.05) is 88.0 Å². The fourth-order valence-corrected chi connectivity index (χ4v) is 4.58. The van der Waals surface area contributed by atoms with Crippen molar-refractivity contribution in [3.8, 4) is 0 Å². The van der Waals surface area contributed by atoms with Crippen LogP contribution in [0.2, 0.25) is 0 Å². The quantitative estimate of drug-likeness (QED) is 0.112. The van der Waals surface area contributed by atoms with Crippen molar-refractivity contribution in [2.24, 2.45) is 5.73 Å². The van der Waals surface area contributed by atoms with Crippen LogP contribution in [0, 0.1) is 0 Å². The van der Waals surface area contributed by atoms with Gasteiger partial charge in [0.05, 0.1) is 19.6 Å². The van der Waals surface area contributed by atoms with Gasteiger partial charge >= 0.3 is 17.9 Å². The van der Waals surface area contributed by atoms with Gasteiger partial charge in [0.15, 0.2) is 0 Å². The lowest BCUT2D eigenvalue weighted by molar-refractivity contribution is -0.157. The fraction of sp³-hybridized carbons (Fsp3) is 0.800. The Bertz CT molecular complexity index is 1060. The minimum absolute atomic E-state index is 0.0737. The molecule has 0 fully saturated rings. The third kappa shape index (κ3) is 22.7. The number of carbonyl (C=O) groups is 3. The third-order valence-electron chi connectivity index (χ3n) is 6.21. The summed E-state index contributed by atoms with van der Waals surface area (Å²) in [6.07, 6.45) is 4.81. The number of nitrogens with zero attached hydrogens (tertiary/aromatic N) is 2. The highest BCUT2D eigenvalue weighted by Gasteiger charge is 2.24. The summed E-state index contributed by atoms with van der Waals surface area (Å²) in [6, 6.07) is -0.107. The normalized spacial score (nSPS) is 16.1. The Labute approximate surface area is 284 Å². The molecule has 12 nitrogen and oxygen atoms in total. The number of ether oxygens (including phenoxy) is 4. The van der Waals surface area contributed by atoms with Crippen molar-refractivity contribution in [1.29, 1.82) is 0 Å². The maximum atomic E-state index is 12.8. The number of rotatable bonds is 18. The summed E-state index contributed by atoms with van der Waals surface area (Å²) in [5, 5.41) is 6.33. The molecule has 0 saturated carbocycles. The summed E-state index contributed by atoms with van der Waals surface area (Å²) in [4.78, 5) is 41.5. The van der Waals surface area contributed by atoms with Crippen LogP contribution in [0.25, 0.3) is 0 Å². The van der Waals surface area contributed by atoms with Gasteiger partial charge < -0.3 is 35.3 Å². The minimum atomic E-state index is -0.606. The highest BCUT2D eigenvalue weighted by Crippen LogP contribution is 2.25. The van der Waals surface area contributed by atoms with Gasteiger partial charge in [0.25, 0.3) is 0 Å². The van der Waals surface area contributed by atoms with E-state index < -0.39 is 16.8 Å². The molecule has 0 aromatic heterocycles. The van der Waals surface area contributed by atoms with Crippen LogP contribution in [0.15, 0.2) is 23.5 Å². The number of carbonyl (C=O) groups excluding carboxylic acids is 3. The predicted molar refractivity (Wildman–Crippen MR) is 186 cm³/mol. The lowest BCUT2D eigenvalue weighted by Crippen LogP contribution is -2.45. The molecule has 0 heterocycles. The lowest BCUT2D eigenvalue weighted by atomic mass is 10.00. The number of hydrogen-bond acceptors (Lipinski definition) is 12. The first-order valence-corrected chi connectivity index (χ1v) is 16.8. The zero-order chi connectivity index (χ0) is 36.1. The molecular weight excluding hydrogens is 602 g/mol. The predicted octanol–water partition coefficient (Wildman–Crippen LogP) is 3.15. The number of hydrogen-bond donors (Lipinski definition) is 3. The molecule has 0 spiro atoms. The Morgan fingerprint density at radius 3 is 1.62 bits per heavy atom. The van der Waals surface area contributed by atoms with Gasteiger partial charge in [0.2, 0.25) is 0 Å². The van der Waals surface area contributed by atoms with Gasteiger partial charge in [-0.2, -0.15) is 0 Å². The first kappa shape index (κ1) is 42.5. The molecule has 1 aliphatic carbocycles. The zero-order valence-corrected chi connectivity index (χ0v) is 31.3. The van der Waals surface area contributed by atoms with Gasteiger partial charge in [-0.1, -0.05) is 6.08 Å². The Kier molecular flexibility index (Phi) is 17.1. The Balaban J connectivity index is 3.03. The van der Waals surface area contributed by atoms with Crippen molar-refractivity contribution in [3.05, 3.63) is 23.5 Å². The molecule has 0 aromatic carbocycles. The second kappa shape index (κ2) is 18.9. The third-order valence-corrected chi connectivity index (χ3v) is 6.21. The number of esters is 3. The van der Waals surface area contributed by atoms with E-state index in [0.29, 0.717) is 52.2 Å². The van der Waals surface area contributed by atoms with Crippen molar-refractivity contribution in [3.63, 3.8) is 0 Å². The number of nitrogens with two attached hydrogens (primary N) is 1. The summed E-state index contributed by atoms with van der Waals surface area (Å²) in [5.74, 6) is -0.138. The van der Waals surface area contributed by atoms with Crippen molar-refractivity contribution in [2.75, 3.05) is 65.4 Å². The molecule has 0 radical (unpaired) electrons. The maximum absolute atomic E-state index is 12.8. The second-order valence-electron chi connectivity index (χ2n) is 16.0. The Morgan fingerprint density at radius 2 is 1.15 bits per heavy atom. The smallest absolute Gasteiger partial charge is 0.320 e. The molecule has 0 aliphatic heterocycles. The van der Waals surface area contributed by atoms with Crippen LogP contribution in [0.5, 0.6) is 0 Å². The maximum Gasteiger partial charge on any atom is 0.320 e. The first-order valence-electron chi connectivity index (χ1n) is 16.8. The summed E-state index contributed by atoms with van der Waals surface area (Å²) >= 11 is 0.